The van der Waals surface area contributed by atoms with Crippen LogP contribution in [0.15, 0.2) is 72.0 Å². The van der Waals surface area contributed by atoms with Crippen LogP contribution in [-0.4, -0.2) is 50.5 Å². The number of halogens is 1. The van der Waals surface area contributed by atoms with Gasteiger partial charge in [0.05, 0.1) is 17.7 Å². The first-order valence-corrected chi connectivity index (χ1v) is 11.0. The first kappa shape index (κ1) is 25.4. The lowest BCUT2D eigenvalue weighted by Crippen LogP contribution is -2.39. The van der Waals surface area contributed by atoms with E-state index in [0.717, 1.165) is 0 Å². The molecule has 2 amide bonds. The second-order valence-electron chi connectivity index (χ2n) is 7.15. The molecule has 3 rings (SSSR count). The van der Waals surface area contributed by atoms with E-state index in [1.54, 1.807) is 60.7 Å². The Morgan fingerprint density at radius 2 is 1.65 bits per heavy atom. The van der Waals surface area contributed by atoms with Crippen LogP contribution in [0.2, 0.25) is 5.02 Å². The van der Waals surface area contributed by atoms with Gasteiger partial charge in [0.25, 0.3) is 11.8 Å². The first-order chi connectivity index (χ1) is 16.4. The van der Waals surface area contributed by atoms with Crippen molar-refractivity contribution in [3.63, 3.8) is 0 Å². The lowest BCUT2D eigenvalue weighted by atomic mass is 9.99. The second-order valence-corrected chi connectivity index (χ2v) is 7.97. The Balaban J connectivity index is 1.64. The van der Waals surface area contributed by atoms with Crippen molar-refractivity contribution in [2.24, 2.45) is 0 Å². The monoisotopic (exact) mass is 501 g/mol. The highest BCUT2D eigenvalue weighted by molar-refractivity contribution is 7.80. The van der Waals surface area contributed by atoms with E-state index >= 15 is 0 Å². The van der Waals surface area contributed by atoms with Crippen LogP contribution in [-0.2, 0) is 19.0 Å². The largest absolute Gasteiger partial charge is 0.498 e. The van der Waals surface area contributed by atoms with E-state index in [9.17, 15) is 9.59 Å². The van der Waals surface area contributed by atoms with Crippen molar-refractivity contribution >= 4 is 52.1 Å². The molecule has 0 saturated heterocycles. The molecule has 3 N–H and O–H groups in total. The minimum Gasteiger partial charge on any atom is -0.498 e. The van der Waals surface area contributed by atoms with Crippen molar-refractivity contribution in [2.45, 2.75) is 12.2 Å². The van der Waals surface area contributed by atoms with Gasteiger partial charge in [-0.25, -0.2) is 0 Å². The van der Waals surface area contributed by atoms with Crippen LogP contribution in [0.5, 0.6) is 0 Å². The highest BCUT2D eigenvalue weighted by Gasteiger charge is 2.30. The molecule has 10 heteroatoms. The van der Waals surface area contributed by atoms with E-state index in [-0.39, 0.29) is 11.0 Å². The summed E-state index contributed by atoms with van der Waals surface area (Å²) in [6.07, 6.45) is 2.26. The van der Waals surface area contributed by atoms with Gasteiger partial charge in [-0.15, -0.1) is 0 Å². The number of anilines is 2. The summed E-state index contributed by atoms with van der Waals surface area (Å²) >= 11 is 11.4. The summed E-state index contributed by atoms with van der Waals surface area (Å²) < 4.78 is 16.1. The summed E-state index contributed by atoms with van der Waals surface area (Å²) in [5, 5.41) is 8.78. The van der Waals surface area contributed by atoms with Crippen LogP contribution >= 0.6 is 23.8 Å². The van der Waals surface area contributed by atoms with Gasteiger partial charge >= 0.3 is 0 Å². The highest BCUT2D eigenvalue weighted by Crippen LogP contribution is 2.24. The molecule has 2 aromatic carbocycles. The molecule has 0 aromatic heterocycles. The van der Waals surface area contributed by atoms with E-state index in [1.165, 1.54) is 21.3 Å². The summed E-state index contributed by atoms with van der Waals surface area (Å²) in [7, 11) is 4.55. The van der Waals surface area contributed by atoms with Crippen LogP contribution in [0.3, 0.4) is 0 Å². The molecule has 2 unspecified atom stereocenters. The number of thiocarbonyl (C=S) groups is 1. The third-order valence-electron chi connectivity index (χ3n) is 4.97. The average Bonchev–Trinajstić information content (AvgIpc) is 2.83. The van der Waals surface area contributed by atoms with Crippen LogP contribution in [0, 0.1) is 0 Å². The number of hydrogen-bond donors (Lipinski definition) is 3. The number of methoxy groups -OCH3 is 3. The van der Waals surface area contributed by atoms with Gasteiger partial charge in [-0.1, -0.05) is 29.8 Å². The lowest BCUT2D eigenvalue weighted by Gasteiger charge is -2.28. The molecule has 2 atom stereocenters. The maximum Gasteiger partial charge on any atom is 0.257 e. The summed E-state index contributed by atoms with van der Waals surface area (Å²) in [4.78, 5) is 25.2. The molecule has 0 saturated carbocycles. The van der Waals surface area contributed by atoms with Crippen LogP contribution in [0.4, 0.5) is 11.4 Å². The predicted molar refractivity (Wildman–Crippen MR) is 135 cm³/mol. The van der Waals surface area contributed by atoms with Crippen molar-refractivity contribution in [3.8, 4) is 0 Å². The quantitative estimate of drug-likeness (QED) is 0.495. The predicted octanol–water partition coefficient (Wildman–Crippen LogP) is 3.91. The fraction of sp³-hybridized carbons (Fsp3) is 0.208. The number of benzene rings is 2. The normalized spacial score (nSPS) is 17.2. The van der Waals surface area contributed by atoms with Crippen LogP contribution in [0.1, 0.15) is 10.4 Å². The van der Waals surface area contributed by atoms with Gasteiger partial charge in [0.15, 0.2) is 5.11 Å². The third-order valence-corrected chi connectivity index (χ3v) is 5.50. The maximum atomic E-state index is 12.7. The Morgan fingerprint density at radius 1 is 0.941 bits per heavy atom. The summed E-state index contributed by atoms with van der Waals surface area (Å²) in [5.74, 6) is -0.319. The van der Waals surface area contributed by atoms with E-state index in [4.69, 9.17) is 38.0 Å². The fourth-order valence-electron chi connectivity index (χ4n) is 3.32. The number of amides is 2. The third kappa shape index (κ3) is 6.21. The van der Waals surface area contributed by atoms with Gasteiger partial charge < -0.3 is 24.8 Å². The van der Waals surface area contributed by atoms with E-state index in [0.29, 0.717) is 33.3 Å². The summed E-state index contributed by atoms with van der Waals surface area (Å²) in [6, 6.07) is 13.7. The highest BCUT2D eigenvalue weighted by atomic mass is 35.5. The number of ether oxygens (including phenoxy) is 3. The van der Waals surface area contributed by atoms with Crippen LogP contribution < -0.4 is 16.0 Å². The molecule has 1 aliphatic rings. The molecular formula is C24H24ClN3O5S. The van der Waals surface area contributed by atoms with E-state index in [1.807, 2.05) is 0 Å². The standard InChI is InChI=1S/C24H24ClN3O5S/c1-31-19-11-14(12-20(32-2)21(19)33-3)22(29)28-24(34)27-16-8-6-7-15(13-16)26-23(30)17-9-4-5-10-18(17)25/h4-13,19,21H,1-3H3,(H,26,30)(H2,27,28,29,34). The molecule has 178 valence electrons. The van der Waals surface area contributed by atoms with Crippen LogP contribution in [0.25, 0.3) is 0 Å². The Kier molecular flexibility index (Phi) is 8.78. The summed E-state index contributed by atoms with van der Waals surface area (Å²) in [5.41, 5.74) is 1.78. The molecule has 0 fully saturated rings. The lowest BCUT2D eigenvalue weighted by molar-refractivity contribution is -0.116. The Morgan fingerprint density at radius 3 is 2.29 bits per heavy atom. The molecule has 0 aliphatic heterocycles. The van der Waals surface area contributed by atoms with E-state index in [2.05, 4.69) is 16.0 Å². The van der Waals surface area contributed by atoms with Gasteiger partial charge in [-0.2, -0.15) is 0 Å². The molecule has 0 radical (unpaired) electrons. The fourth-order valence-corrected chi connectivity index (χ4v) is 3.76. The molecule has 2 aromatic rings. The average molecular weight is 502 g/mol. The minimum atomic E-state index is -0.495. The Bertz CT molecular complexity index is 1150. The zero-order valence-corrected chi connectivity index (χ0v) is 20.3. The maximum absolute atomic E-state index is 12.7. The topological polar surface area (TPSA) is 97.9 Å². The minimum absolute atomic E-state index is 0.0793. The molecule has 8 nitrogen and oxygen atoms in total. The van der Waals surface area contributed by atoms with E-state index < -0.39 is 18.1 Å². The molecule has 34 heavy (non-hydrogen) atoms. The number of rotatable bonds is 7. The second kappa shape index (κ2) is 11.8. The van der Waals surface area contributed by atoms with Crippen molar-refractivity contribution in [1.82, 2.24) is 5.32 Å². The number of carbonyl (C=O) groups excluding carboxylic acids is 2. The van der Waals surface area contributed by atoms with Gasteiger partial charge in [-0.3, -0.25) is 14.9 Å². The summed E-state index contributed by atoms with van der Waals surface area (Å²) in [6.45, 7) is 0. The Labute approximate surface area is 207 Å². The molecular weight excluding hydrogens is 478 g/mol. The Hall–Kier alpha value is -3.24. The number of hydrogen-bond acceptors (Lipinski definition) is 6. The van der Waals surface area contributed by atoms with Gasteiger partial charge in [0.2, 0.25) is 0 Å². The zero-order chi connectivity index (χ0) is 24.7. The van der Waals surface area contributed by atoms with Gasteiger partial charge in [-0.05, 0) is 54.7 Å². The molecule has 0 heterocycles. The van der Waals surface area contributed by atoms with Crippen molar-refractivity contribution < 1.29 is 23.8 Å². The zero-order valence-electron chi connectivity index (χ0n) is 18.8. The SMILES string of the molecule is COC1=CC(C(=O)NC(=S)Nc2cccc(NC(=O)c3ccccc3Cl)c2)=CC(OC)C1OC. The van der Waals surface area contributed by atoms with Crippen molar-refractivity contribution in [2.75, 3.05) is 32.0 Å². The van der Waals surface area contributed by atoms with Crippen molar-refractivity contribution in [1.29, 1.82) is 0 Å². The number of nitrogens with one attached hydrogen (secondary N) is 3. The number of carbonyl (C=O) groups is 2. The molecule has 1 aliphatic carbocycles. The van der Waals surface area contributed by atoms with Crippen molar-refractivity contribution in [3.05, 3.63) is 82.6 Å². The smallest absolute Gasteiger partial charge is 0.257 e. The van der Waals surface area contributed by atoms with Gasteiger partial charge in [0.1, 0.15) is 18.0 Å². The molecule has 0 spiro atoms. The molecule has 0 bridgehead atoms. The first-order valence-electron chi connectivity index (χ1n) is 10.2. The van der Waals surface area contributed by atoms with Gasteiger partial charge in [0, 0.05) is 31.2 Å².